The second-order valence-corrected chi connectivity index (χ2v) is 17.5. The van der Waals surface area contributed by atoms with E-state index in [9.17, 15) is 19.2 Å². The molecule has 15 nitrogen and oxygen atoms in total. The molecule has 1 saturated carbocycles. The Balaban J connectivity index is 1.02. The van der Waals surface area contributed by atoms with Crippen LogP contribution in [0.3, 0.4) is 0 Å². The van der Waals surface area contributed by atoms with Gasteiger partial charge in [-0.05, 0) is 77.1 Å². The predicted octanol–water partition coefficient (Wildman–Crippen LogP) is 7.37. The summed E-state index contributed by atoms with van der Waals surface area (Å²) in [6, 6.07) is 19.4. The molecule has 2 atom stereocenters. The zero-order valence-corrected chi connectivity index (χ0v) is 37.8. The van der Waals surface area contributed by atoms with Crippen molar-refractivity contribution in [1.82, 2.24) is 40.4 Å². The summed E-state index contributed by atoms with van der Waals surface area (Å²) < 4.78 is 15.2. The average Bonchev–Trinajstić information content (AvgIpc) is 3.67. The predicted molar refractivity (Wildman–Crippen MR) is 248 cm³/mol. The molecule has 2 aromatic heterocycles. The molecule has 4 N–H and O–H groups in total. The number of rotatable bonds is 18. The Hall–Kier alpha value is -6.13. The molecule has 1 saturated heterocycles. The van der Waals surface area contributed by atoms with Crippen molar-refractivity contribution in [3.63, 3.8) is 0 Å². The zero-order valence-electron chi connectivity index (χ0n) is 36.9. The number of amides is 4. The Morgan fingerprint density at radius 3 is 1.94 bits per heavy atom. The normalized spacial score (nSPS) is 15.5. The molecule has 0 spiro atoms. The van der Waals surface area contributed by atoms with Crippen molar-refractivity contribution in [2.75, 3.05) is 46.3 Å². The Morgan fingerprint density at radius 1 is 0.812 bits per heavy atom. The number of ether oxygens (including phenoxy) is 3. The van der Waals surface area contributed by atoms with Crippen LogP contribution < -0.4 is 10.6 Å². The topological polar surface area (TPSA) is 184 Å². The van der Waals surface area contributed by atoms with E-state index in [4.69, 9.17) is 14.2 Å². The number of aromatic amines is 2. The van der Waals surface area contributed by atoms with E-state index >= 15 is 0 Å². The van der Waals surface area contributed by atoms with Crippen LogP contribution in [0.1, 0.15) is 51.2 Å². The molecule has 0 radical (unpaired) electrons. The van der Waals surface area contributed by atoms with Gasteiger partial charge in [-0.1, -0.05) is 68.5 Å². The highest BCUT2D eigenvalue weighted by Crippen LogP contribution is 2.47. The maximum atomic E-state index is 13.9. The van der Waals surface area contributed by atoms with Gasteiger partial charge in [-0.2, -0.15) is 12.6 Å². The van der Waals surface area contributed by atoms with Crippen molar-refractivity contribution in [1.29, 1.82) is 0 Å². The fourth-order valence-electron chi connectivity index (χ4n) is 8.25. The molecule has 338 valence electrons. The number of thiol groups is 1. The van der Waals surface area contributed by atoms with Crippen LogP contribution in [0.15, 0.2) is 85.7 Å². The Morgan fingerprint density at radius 2 is 1.36 bits per heavy atom. The number of alkyl carbamates (subject to hydrolysis) is 2. The highest BCUT2D eigenvalue weighted by atomic mass is 32.1. The highest BCUT2D eigenvalue weighted by Gasteiger charge is 2.43. The van der Waals surface area contributed by atoms with Gasteiger partial charge in [0, 0.05) is 43.0 Å². The number of nitrogens with one attached hydrogen (secondary N) is 4. The van der Waals surface area contributed by atoms with Gasteiger partial charge in [0.2, 0.25) is 11.8 Å². The van der Waals surface area contributed by atoms with Crippen LogP contribution in [0.2, 0.25) is 0 Å². The second kappa shape index (κ2) is 20.6. The fourth-order valence-corrected chi connectivity index (χ4v) is 8.49. The summed E-state index contributed by atoms with van der Waals surface area (Å²) >= 11 is 4.41. The third kappa shape index (κ3) is 11.0. The lowest BCUT2D eigenvalue weighted by molar-refractivity contribution is -0.136. The molecular weight excluding hydrogens is 833 g/mol. The number of imidazole rings is 2. The molecule has 7 rings (SSSR count). The maximum Gasteiger partial charge on any atom is 0.407 e. The first-order valence-electron chi connectivity index (χ1n) is 21.7. The van der Waals surface area contributed by atoms with Gasteiger partial charge < -0.3 is 44.6 Å². The van der Waals surface area contributed by atoms with E-state index < -0.39 is 24.3 Å². The average molecular weight is 891 g/mol. The molecule has 2 fully saturated rings. The van der Waals surface area contributed by atoms with Crippen molar-refractivity contribution >= 4 is 47.4 Å². The van der Waals surface area contributed by atoms with Gasteiger partial charge in [0.25, 0.3) is 0 Å². The molecule has 1 aliphatic heterocycles. The number of nitrogens with zero attached hydrogens (tertiary/aromatic N) is 4. The number of benzene rings is 3. The molecule has 3 aromatic carbocycles. The minimum atomic E-state index is -0.748. The molecule has 1 aliphatic carbocycles. The van der Waals surface area contributed by atoms with E-state index in [0.717, 1.165) is 57.3 Å². The summed E-state index contributed by atoms with van der Waals surface area (Å²) in [5, 5.41) is 7.63. The number of fused-ring (bicyclic) bond motifs is 1. The first kappa shape index (κ1) is 45.9. The number of carbonyl (C=O) groups is 4. The lowest BCUT2D eigenvalue weighted by Crippen LogP contribution is -2.53. The van der Waals surface area contributed by atoms with Crippen molar-refractivity contribution in [3.8, 4) is 33.6 Å². The van der Waals surface area contributed by atoms with Crippen LogP contribution in [0, 0.1) is 17.3 Å². The van der Waals surface area contributed by atoms with Gasteiger partial charge in [0.05, 0.1) is 51.1 Å². The monoisotopic (exact) mass is 890 g/mol. The van der Waals surface area contributed by atoms with Crippen LogP contribution >= 0.6 is 12.6 Å². The molecule has 4 amide bonds. The summed E-state index contributed by atoms with van der Waals surface area (Å²) in [5.41, 5.74) is 5.56. The number of carbonyl (C=O) groups excluding carboxylic acids is 4. The number of aromatic nitrogens is 4. The van der Waals surface area contributed by atoms with Crippen molar-refractivity contribution < 1.29 is 33.4 Å². The molecule has 5 aromatic rings. The molecule has 64 heavy (non-hydrogen) atoms. The van der Waals surface area contributed by atoms with Gasteiger partial charge in [-0.15, -0.1) is 6.58 Å². The Bertz CT molecular complexity index is 2440. The zero-order chi connectivity index (χ0) is 45.4. The van der Waals surface area contributed by atoms with Gasteiger partial charge in [0.15, 0.2) is 0 Å². The largest absolute Gasteiger partial charge is 0.453 e. The number of hydrogen-bond donors (Lipinski definition) is 5. The van der Waals surface area contributed by atoms with E-state index in [1.165, 1.54) is 14.2 Å². The van der Waals surface area contributed by atoms with Crippen LogP contribution in [-0.2, 0) is 36.9 Å². The van der Waals surface area contributed by atoms with E-state index in [1.807, 2.05) is 32.1 Å². The maximum absolute atomic E-state index is 13.9. The molecule has 2 unspecified atom stereocenters. The standard InChI is InChI=1S/C48H58N8O7S/c1-6-48(17-18-48)29-56(44(57)42(30(2)3)53-46(59)61-4)28-41-50-26-39(52-41)37-14-13-35-23-34(11-12-36(35)24-37)31-7-9-32(10-8-31)38-25-49-40(51-38)27-55(19-22-64)45(58)43(54-47(60)62-5)33-15-20-63-21-16-33/h6-14,23-26,30,33,42-43,64H,1,15-22,27-29H2,2-5H3,(H,49,51)(H,50,52)(H,53,59)(H,54,60). The van der Waals surface area contributed by atoms with Gasteiger partial charge in [-0.25, -0.2) is 19.6 Å². The summed E-state index contributed by atoms with van der Waals surface area (Å²) in [5.74, 6) is 1.09. The number of hydrogen-bond acceptors (Lipinski definition) is 10. The van der Waals surface area contributed by atoms with Gasteiger partial charge >= 0.3 is 12.2 Å². The van der Waals surface area contributed by atoms with E-state index in [2.05, 4.69) is 98.3 Å². The lowest BCUT2D eigenvalue weighted by Gasteiger charge is -2.33. The molecule has 16 heteroatoms. The van der Waals surface area contributed by atoms with E-state index in [1.54, 1.807) is 22.2 Å². The minimum Gasteiger partial charge on any atom is -0.453 e. The van der Waals surface area contributed by atoms with E-state index in [-0.39, 0.29) is 42.2 Å². The SMILES string of the molecule is C=CC1(CN(Cc2ncc(-c3ccc4cc(-c5ccc(-c6cnc(CN(CCS)C(=O)C(NC(=O)OC)C7CCOCC7)[nH]6)cc5)ccc4c3)[nH]2)C(=O)C(NC(=O)OC)C(C)C)CC1. The first-order chi connectivity index (χ1) is 30.9. The van der Waals surface area contributed by atoms with Gasteiger partial charge in [-0.3, -0.25) is 9.59 Å². The number of H-pyrrole nitrogens is 2. The fraction of sp³-hybridized carbons (Fsp3) is 0.417. The van der Waals surface area contributed by atoms with Crippen LogP contribution in [0.25, 0.3) is 44.4 Å². The Kier molecular flexibility index (Phi) is 14.8. The van der Waals surface area contributed by atoms with Gasteiger partial charge in [0.1, 0.15) is 23.7 Å². The van der Waals surface area contributed by atoms with Crippen molar-refractivity contribution in [2.24, 2.45) is 17.3 Å². The third-order valence-electron chi connectivity index (χ3n) is 12.3. The lowest BCUT2D eigenvalue weighted by atomic mass is 9.90. The summed E-state index contributed by atoms with van der Waals surface area (Å²) in [6.07, 6.45) is 7.42. The molecule has 0 bridgehead atoms. The smallest absolute Gasteiger partial charge is 0.407 e. The third-order valence-corrected chi connectivity index (χ3v) is 12.5. The quantitative estimate of drug-likeness (QED) is 0.0443. The van der Waals surface area contributed by atoms with Crippen LogP contribution in [0.5, 0.6) is 0 Å². The minimum absolute atomic E-state index is 0.0704. The molecule has 3 heterocycles. The Labute approximate surface area is 379 Å². The summed E-state index contributed by atoms with van der Waals surface area (Å²) in [4.78, 5) is 71.7. The summed E-state index contributed by atoms with van der Waals surface area (Å²) in [7, 11) is 2.57. The van der Waals surface area contributed by atoms with E-state index in [0.29, 0.717) is 56.5 Å². The highest BCUT2D eigenvalue weighted by molar-refractivity contribution is 7.80. The van der Waals surface area contributed by atoms with Crippen molar-refractivity contribution in [2.45, 2.75) is 64.7 Å². The van der Waals surface area contributed by atoms with Crippen LogP contribution in [-0.4, -0.2) is 112 Å². The van der Waals surface area contributed by atoms with Crippen LogP contribution in [0.4, 0.5) is 9.59 Å². The second-order valence-electron chi connectivity index (χ2n) is 17.0. The molecular formula is C48H58N8O7S. The molecule has 2 aliphatic rings. The number of methoxy groups -OCH3 is 2. The van der Waals surface area contributed by atoms with Crippen molar-refractivity contribution in [3.05, 3.63) is 97.4 Å². The summed E-state index contributed by atoms with van der Waals surface area (Å²) in [6.45, 7) is 10.2. The first-order valence-corrected chi connectivity index (χ1v) is 22.4.